The van der Waals surface area contributed by atoms with E-state index in [1.54, 1.807) is 12.0 Å². The summed E-state index contributed by atoms with van der Waals surface area (Å²) in [6.07, 6.45) is 4.10. The molecule has 2 N–H and O–H groups in total. The van der Waals surface area contributed by atoms with Gasteiger partial charge in [0.05, 0.1) is 6.10 Å². The molecule has 0 aromatic rings. The lowest BCUT2D eigenvalue weighted by atomic mass is 10.1. The van der Waals surface area contributed by atoms with E-state index in [2.05, 4.69) is 4.90 Å². The Balaban J connectivity index is 2.21. The van der Waals surface area contributed by atoms with Crippen LogP contribution in [-0.4, -0.2) is 68.7 Å². The van der Waals surface area contributed by atoms with Gasteiger partial charge in [-0.05, 0) is 32.4 Å². The van der Waals surface area contributed by atoms with E-state index in [9.17, 15) is 4.79 Å². The number of hydrogen-bond donors (Lipinski definition) is 1. The third-order valence-electron chi connectivity index (χ3n) is 3.56. The van der Waals surface area contributed by atoms with E-state index >= 15 is 0 Å². The average Bonchev–Trinajstić information content (AvgIpc) is 2.42. The Morgan fingerprint density at radius 3 is 3.00 bits per heavy atom. The molecule has 5 nitrogen and oxygen atoms in total. The highest BCUT2D eigenvalue weighted by molar-refractivity contribution is 5.76. The summed E-state index contributed by atoms with van der Waals surface area (Å²) in [5.41, 5.74) is 5.44. The van der Waals surface area contributed by atoms with E-state index in [4.69, 9.17) is 10.5 Å². The molecule has 1 amide bonds. The SMILES string of the molecule is COC1CCCN(CCC(=O)N(C)CCCN)C1. The molecule has 1 fully saturated rings. The molecule has 106 valence electrons. The van der Waals surface area contributed by atoms with Crippen molar-refractivity contribution in [2.75, 3.05) is 46.9 Å². The van der Waals surface area contributed by atoms with Gasteiger partial charge in [-0.1, -0.05) is 0 Å². The standard InChI is InChI=1S/C13H27N3O2/c1-15(8-4-7-14)13(17)6-10-16-9-3-5-12(11-16)18-2/h12H,3-11,14H2,1-2H3. The van der Waals surface area contributed by atoms with Crippen LogP contribution in [0.4, 0.5) is 0 Å². The third kappa shape index (κ3) is 5.33. The predicted molar refractivity (Wildman–Crippen MR) is 72.4 cm³/mol. The zero-order valence-electron chi connectivity index (χ0n) is 11.7. The van der Waals surface area contributed by atoms with Gasteiger partial charge in [0, 0.05) is 40.2 Å². The molecular formula is C13H27N3O2. The molecule has 1 aliphatic heterocycles. The van der Waals surface area contributed by atoms with Gasteiger partial charge in [-0.15, -0.1) is 0 Å². The molecule has 1 heterocycles. The van der Waals surface area contributed by atoms with E-state index in [0.29, 0.717) is 19.1 Å². The maximum atomic E-state index is 11.9. The number of piperidine rings is 1. The number of rotatable bonds is 7. The zero-order chi connectivity index (χ0) is 13.4. The van der Waals surface area contributed by atoms with Crippen LogP contribution in [0.5, 0.6) is 0 Å². The number of likely N-dealkylation sites (tertiary alicyclic amines) is 1. The largest absolute Gasteiger partial charge is 0.380 e. The summed E-state index contributed by atoms with van der Waals surface area (Å²) >= 11 is 0. The van der Waals surface area contributed by atoms with Crippen LogP contribution in [-0.2, 0) is 9.53 Å². The van der Waals surface area contributed by atoms with E-state index in [0.717, 1.165) is 45.4 Å². The highest BCUT2D eigenvalue weighted by Gasteiger charge is 2.20. The average molecular weight is 257 g/mol. The molecule has 0 spiro atoms. The molecule has 18 heavy (non-hydrogen) atoms. The van der Waals surface area contributed by atoms with Crippen LogP contribution < -0.4 is 5.73 Å². The zero-order valence-corrected chi connectivity index (χ0v) is 11.7. The van der Waals surface area contributed by atoms with Gasteiger partial charge in [0.2, 0.25) is 5.91 Å². The number of carbonyl (C=O) groups is 1. The third-order valence-corrected chi connectivity index (χ3v) is 3.56. The van der Waals surface area contributed by atoms with E-state index in [1.165, 1.54) is 0 Å². The molecule has 0 aromatic carbocycles. The second-order valence-electron chi connectivity index (χ2n) is 5.01. The van der Waals surface area contributed by atoms with Crippen LogP contribution >= 0.6 is 0 Å². The number of nitrogens with two attached hydrogens (primary N) is 1. The van der Waals surface area contributed by atoms with Crippen molar-refractivity contribution in [3.63, 3.8) is 0 Å². The molecule has 0 saturated carbocycles. The summed E-state index contributed by atoms with van der Waals surface area (Å²) in [7, 11) is 3.62. The maximum absolute atomic E-state index is 11.9. The maximum Gasteiger partial charge on any atom is 0.223 e. The predicted octanol–water partition coefficient (Wildman–Crippen LogP) is 0.295. The fourth-order valence-corrected chi connectivity index (χ4v) is 2.31. The number of nitrogens with zero attached hydrogens (tertiary/aromatic N) is 2. The lowest BCUT2D eigenvalue weighted by molar-refractivity contribution is -0.130. The highest BCUT2D eigenvalue weighted by Crippen LogP contribution is 2.12. The number of ether oxygens (including phenoxy) is 1. The quantitative estimate of drug-likeness (QED) is 0.712. The minimum absolute atomic E-state index is 0.211. The first-order chi connectivity index (χ1) is 8.67. The first-order valence-corrected chi connectivity index (χ1v) is 6.86. The van der Waals surface area contributed by atoms with E-state index in [1.807, 2.05) is 7.05 Å². The van der Waals surface area contributed by atoms with E-state index in [-0.39, 0.29) is 5.91 Å². The van der Waals surface area contributed by atoms with Gasteiger partial charge in [-0.2, -0.15) is 0 Å². The number of amides is 1. The first-order valence-electron chi connectivity index (χ1n) is 6.86. The Morgan fingerprint density at radius 1 is 1.56 bits per heavy atom. The molecule has 1 aliphatic rings. The van der Waals surface area contributed by atoms with Crippen LogP contribution in [0.3, 0.4) is 0 Å². The van der Waals surface area contributed by atoms with Gasteiger partial charge in [0.1, 0.15) is 0 Å². The Kier molecular flexibility index (Phi) is 7.23. The monoisotopic (exact) mass is 257 g/mol. The number of methoxy groups -OCH3 is 1. The van der Waals surface area contributed by atoms with Crippen molar-refractivity contribution in [3.05, 3.63) is 0 Å². The van der Waals surface area contributed by atoms with Crippen molar-refractivity contribution in [3.8, 4) is 0 Å². The van der Waals surface area contributed by atoms with Crippen LogP contribution in [0, 0.1) is 0 Å². The van der Waals surface area contributed by atoms with E-state index < -0.39 is 0 Å². The lowest BCUT2D eigenvalue weighted by Gasteiger charge is -2.32. The van der Waals surface area contributed by atoms with Gasteiger partial charge in [-0.25, -0.2) is 0 Å². The van der Waals surface area contributed by atoms with Gasteiger partial charge in [0.25, 0.3) is 0 Å². The summed E-state index contributed by atoms with van der Waals surface area (Å²) in [6.45, 7) is 4.27. The topological polar surface area (TPSA) is 58.8 Å². The number of carbonyl (C=O) groups excluding carboxylic acids is 1. The van der Waals surface area contributed by atoms with Gasteiger partial charge in [0.15, 0.2) is 0 Å². The van der Waals surface area contributed by atoms with Crippen molar-refractivity contribution < 1.29 is 9.53 Å². The molecule has 1 rings (SSSR count). The summed E-state index contributed by atoms with van der Waals surface area (Å²) in [6, 6.07) is 0. The Hall–Kier alpha value is -0.650. The smallest absolute Gasteiger partial charge is 0.223 e. The van der Waals surface area contributed by atoms with Crippen LogP contribution in [0.2, 0.25) is 0 Å². The highest BCUT2D eigenvalue weighted by atomic mass is 16.5. The molecule has 0 bridgehead atoms. The Morgan fingerprint density at radius 2 is 2.33 bits per heavy atom. The molecule has 1 atom stereocenters. The van der Waals surface area contributed by atoms with Gasteiger partial charge >= 0.3 is 0 Å². The molecule has 0 radical (unpaired) electrons. The van der Waals surface area contributed by atoms with Crippen LogP contribution in [0.1, 0.15) is 25.7 Å². The summed E-state index contributed by atoms with van der Waals surface area (Å²) < 4.78 is 5.38. The fraction of sp³-hybridized carbons (Fsp3) is 0.923. The van der Waals surface area contributed by atoms with Crippen LogP contribution in [0.15, 0.2) is 0 Å². The number of hydrogen-bond acceptors (Lipinski definition) is 4. The minimum atomic E-state index is 0.211. The normalized spacial score (nSPS) is 20.9. The van der Waals surface area contributed by atoms with Crippen molar-refractivity contribution in [1.29, 1.82) is 0 Å². The Labute approximate surface area is 110 Å². The molecular weight excluding hydrogens is 230 g/mol. The van der Waals surface area contributed by atoms with Crippen molar-refractivity contribution in [2.45, 2.75) is 31.8 Å². The molecule has 1 saturated heterocycles. The lowest BCUT2D eigenvalue weighted by Crippen LogP contribution is -2.41. The molecule has 5 heteroatoms. The van der Waals surface area contributed by atoms with Gasteiger partial charge in [-0.3, -0.25) is 4.79 Å². The molecule has 1 unspecified atom stereocenters. The molecule has 0 aromatic heterocycles. The summed E-state index contributed by atoms with van der Waals surface area (Å²) in [5.74, 6) is 0.211. The molecule has 0 aliphatic carbocycles. The second kappa shape index (κ2) is 8.45. The summed E-state index contributed by atoms with van der Waals surface area (Å²) in [5, 5.41) is 0. The second-order valence-corrected chi connectivity index (χ2v) is 5.01. The van der Waals surface area contributed by atoms with Crippen molar-refractivity contribution >= 4 is 5.91 Å². The first kappa shape index (κ1) is 15.4. The van der Waals surface area contributed by atoms with Crippen LogP contribution in [0.25, 0.3) is 0 Å². The fourth-order valence-electron chi connectivity index (χ4n) is 2.31. The van der Waals surface area contributed by atoms with Crippen molar-refractivity contribution in [2.24, 2.45) is 5.73 Å². The van der Waals surface area contributed by atoms with Gasteiger partial charge < -0.3 is 20.3 Å². The van der Waals surface area contributed by atoms with Crippen molar-refractivity contribution in [1.82, 2.24) is 9.80 Å². The summed E-state index contributed by atoms with van der Waals surface area (Å²) in [4.78, 5) is 16.0. The minimum Gasteiger partial charge on any atom is -0.380 e. The Bertz CT molecular complexity index is 248.